The highest BCUT2D eigenvalue weighted by Crippen LogP contribution is 2.25. The normalized spacial score (nSPS) is 14.1. The van der Waals surface area contributed by atoms with E-state index in [1.54, 1.807) is 24.0 Å². The summed E-state index contributed by atoms with van der Waals surface area (Å²) in [4.78, 5) is 0. The molecule has 0 aliphatic heterocycles. The predicted octanol–water partition coefficient (Wildman–Crippen LogP) is 1.66. The van der Waals surface area contributed by atoms with Gasteiger partial charge >= 0.3 is 6.18 Å². The van der Waals surface area contributed by atoms with E-state index in [0.29, 0.717) is 6.42 Å². The third kappa shape index (κ3) is 3.82. The molecule has 92 valence electrons. The zero-order chi connectivity index (χ0) is 12.2. The lowest BCUT2D eigenvalue weighted by molar-refractivity contribution is -0.135. The van der Waals surface area contributed by atoms with Gasteiger partial charge in [-0.2, -0.15) is 18.3 Å². The molecule has 7 heteroatoms. The SMILES string of the molecule is Cn1nccc1C(CCCC(F)(F)F)NN. The topological polar surface area (TPSA) is 55.9 Å². The number of nitrogens with zero attached hydrogens (tertiary/aromatic N) is 2. The molecule has 3 N–H and O–H groups in total. The summed E-state index contributed by atoms with van der Waals surface area (Å²) in [5, 5.41) is 3.94. The van der Waals surface area contributed by atoms with Gasteiger partial charge in [0.2, 0.25) is 0 Å². The Labute approximate surface area is 91.6 Å². The average Bonchev–Trinajstić information content (AvgIpc) is 2.58. The van der Waals surface area contributed by atoms with Crippen LogP contribution >= 0.6 is 0 Å². The molecule has 0 radical (unpaired) electrons. The van der Waals surface area contributed by atoms with E-state index in [1.807, 2.05) is 0 Å². The fourth-order valence-electron chi connectivity index (χ4n) is 1.55. The fraction of sp³-hybridized carbons (Fsp3) is 0.667. The molecule has 0 spiro atoms. The van der Waals surface area contributed by atoms with Crippen molar-refractivity contribution in [3.8, 4) is 0 Å². The molecule has 0 saturated heterocycles. The van der Waals surface area contributed by atoms with Crippen molar-refractivity contribution in [1.82, 2.24) is 15.2 Å². The smallest absolute Gasteiger partial charge is 0.271 e. The van der Waals surface area contributed by atoms with Crippen LogP contribution in [0.3, 0.4) is 0 Å². The number of hydrazine groups is 1. The summed E-state index contributed by atoms with van der Waals surface area (Å²) in [6, 6.07) is 1.44. The molecule has 0 aromatic carbocycles. The van der Waals surface area contributed by atoms with Crippen LogP contribution in [0.2, 0.25) is 0 Å². The minimum atomic E-state index is -4.11. The summed E-state index contributed by atoms with van der Waals surface area (Å²) < 4.78 is 37.5. The monoisotopic (exact) mass is 236 g/mol. The highest BCUT2D eigenvalue weighted by atomic mass is 19.4. The quantitative estimate of drug-likeness (QED) is 0.603. The first-order valence-electron chi connectivity index (χ1n) is 4.95. The van der Waals surface area contributed by atoms with Crippen LogP contribution in [0.1, 0.15) is 31.0 Å². The average molecular weight is 236 g/mol. The van der Waals surface area contributed by atoms with Crippen molar-refractivity contribution in [2.24, 2.45) is 12.9 Å². The number of rotatable bonds is 5. The lowest BCUT2D eigenvalue weighted by Gasteiger charge is -2.16. The van der Waals surface area contributed by atoms with E-state index in [4.69, 9.17) is 5.84 Å². The van der Waals surface area contributed by atoms with Gasteiger partial charge in [-0.25, -0.2) is 0 Å². The summed E-state index contributed by atoms with van der Waals surface area (Å²) in [6.45, 7) is 0. The lowest BCUT2D eigenvalue weighted by Crippen LogP contribution is -2.29. The van der Waals surface area contributed by atoms with Crippen LogP contribution in [0.4, 0.5) is 13.2 Å². The van der Waals surface area contributed by atoms with Crippen molar-refractivity contribution in [3.63, 3.8) is 0 Å². The second kappa shape index (κ2) is 5.31. The summed E-state index contributed by atoms with van der Waals surface area (Å²) in [6.07, 6.45) is -2.93. The third-order valence-corrected chi connectivity index (χ3v) is 2.37. The molecular weight excluding hydrogens is 221 g/mol. The Balaban J connectivity index is 2.48. The molecule has 0 amide bonds. The van der Waals surface area contributed by atoms with Crippen molar-refractivity contribution >= 4 is 0 Å². The number of nitrogens with two attached hydrogens (primary N) is 1. The molecule has 0 saturated carbocycles. The Morgan fingerprint density at radius 1 is 1.56 bits per heavy atom. The highest BCUT2D eigenvalue weighted by Gasteiger charge is 2.27. The van der Waals surface area contributed by atoms with Crippen LogP contribution in [0.15, 0.2) is 12.3 Å². The molecule has 1 aromatic rings. The minimum absolute atomic E-state index is 0.0452. The van der Waals surface area contributed by atoms with E-state index < -0.39 is 12.6 Å². The number of hydrogen-bond donors (Lipinski definition) is 2. The molecule has 0 aliphatic carbocycles. The van der Waals surface area contributed by atoms with Crippen LogP contribution in [0, 0.1) is 0 Å². The first kappa shape index (κ1) is 13.0. The standard InChI is InChI=1S/C9H15F3N4/c1-16-8(4-6-14-16)7(15-13)3-2-5-9(10,11)12/h4,6-7,15H,2-3,5,13H2,1H3. The first-order chi connectivity index (χ1) is 7.44. The Morgan fingerprint density at radius 2 is 2.25 bits per heavy atom. The molecule has 0 bridgehead atoms. The van der Waals surface area contributed by atoms with Gasteiger partial charge in [-0.1, -0.05) is 0 Å². The van der Waals surface area contributed by atoms with E-state index in [0.717, 1.165) is 5.69 Å². The number of hydrogen-bond acceptors (Lipinski definition) is 3. The van der Waals surface area contributed by atoms with Gasteiger partial charge in [0.05, 0.1) is 11.7 Å². The maximum absolute atomic E-state index is 12.0. The number of nitrogens with one attached hydrogen (secondary N) is 1. The minimum Gasteiger partial charge on any atom is -0.271 e. The molecular formula is C9H15F3N4. The summed E-state index contributed by atoms with van der Waals surface area (Å²) in [7, 11) is 1.73. The predicted molar refractivity (Wildman–Crippen MR) is 53.2 cm³/mol. The van der Waals surface area contributed by atoms with Gasteiger partial charge in [0, 0.05) is 19.7 Å². The molecule has 0 aliphatic rings. The third-order valence-electron chi connectivity index (χ3n) is 2.37. The Kier molecular flexibility index (Phi) is 4.31. The van der Waals surface area contributed by atoms with Gasteiger partial charge in [0.1, 0.15) is 0 Å². The molecule has 1 atom stereocenters. The Hall–Kier alpha value is -1.08. The van der Waals surface area contributed by atoms with Crippen molar-refractivity contribution in [2.75, 3.05) is 0 Å². The van der Waals surface area contributed by atoms with Crippen molar-refractivity contribution < 1.29 is 13.2 Å². The molecule has 1 heterocycles. The summed E-state index contributed by atoms with van der Waals surface area (Å²) >= 11 is 0. The van der Waals surface area contributed by atoms with Gasteiger partial charge in [-0.15, -0.1) is 0 Å². The van der Waals surface area contributed by atoms with Crippen molar-refractivity contribution in [1.29, 1.82) is 0 Å². The van der Waals surface area contributed by atoms with Gasteiger partial charge in [0.25, 0.3) is 0 Å². The fourth-order valence-corrected chi connectivity index (χ4v) is 1.55. The van der Waals surface area contributed by atoms with E-state index in [2.05, 4.69) is 10.5 Å². The Morgan fingerprint density at radius 3 is 2.69 bits per heavy atom. The van der Waals surface area contributed by atoms with Crippen LogP contribution in [-0.4, -0.2) is 16.0 Å². The number of alkyl halides is 3. The first-order valence-corrected chi connectivity index (χ1v) is 4.95. The number of halogens is 3. The van der Waals surface area contributed by atoms with Crippen LogP contribution in [0.5, 0.6) is 0 Å². The maximum atomic E-state index is 12.0. The number of aryl methyl sites for hydroxylation is 1. The summed E-state index contributed by atoms with van der Waals surface area (Å²) in [5.41, 5.74) is 3.29. The van der Waals surface area contributed by atoms with Crippen molar-refractivity contribution in [3.05, 3.63) is 18.0 Å². The van der Waals surface area contributed by atoms with E-state index in [-0.39, 0.29) is 12.5 Å². The van der Waals surface area contributed by atoms with Gasteiger partial charge in [-0.05, 0) is 18.9 Å². The lowest BCUT2D eigenvalue weighted by atomic mass is 10.1. The number of aromatic nitrogens is 2. The van der Waals surface area contributed by atoms with Crippen LogP contribution in [0.25, 0.3) is 0 Å². The Bertz CT molecular complexity index is 321. The second-order valence-electron chi connectivity index (χ2n) is 3.61. The molecule has 4 nitrogen and oxygen atoms in total. The molecule has 1 aromatic heterocycles. The van der Waals surface area contributed by atoms with Gasteiger partial charge in [-0.3, -0.25) is 16.0 Å². The highest BCUT2D eigenvalue weighted by molar-refractivity contribution is 5.05. The zero-order valence-electron chi connectivity index (χ0n) is 8.96. The van der Waals surface area contributed by atoms with E-state index >= 15 is 0 Å². The van der Waals surface area contributed by atoms with E-state index in [1.165, 1.54) is 0 Å². The largest absolute Gasteiger partial charge is 0.389 e. The zero-order valence-corrected chi connectivity index (χ0v) is 8.96. The molecule has 1 unspecified atom stereocenters. The molecule has 16 heavy (non-hydrogen) atoms. The van der Waals surface area contributed by atoms with E-state index in [9.17, 15) is 13.2 Å². The molecule has 1 rings (SSSR count). The maximum Gasteiger partial charge on any atom is 0.389 e. The van der Waals surface area contributed by atoms with Gasteiger partial charge in [0.15, 0.2) is 0 Å². The van der Waals surface area contributed by atoms with Crippen LogP contribution < -0.4 is 11.3 Å². The second-order valence-corrected chi connectivity index (χ2v) is 3.61. The summed E-state index contributed by atoms with van der Waals surface area (Å²) in [5.74, 6) is 5.31. The van der Waals surface area contributed by atoms with Crippen molar-refractivity contribution in [2.45, 2.75) is 31.5 Å². The molecule has 0 fully saturated rings. The van der Waals surface area contributed by atoms with Crippen LogP contribution in [-0.2, 0) is 7.05 Å². The van der Waals surface area contributed by atoms with Gasteiger partial charge < -0.3 is 0 Å².